The lowest BCUT2D eigenvalue weighted by Gasteiger charge is -2.25. The minimum Gasteiger partial charge on any atom is -0.348 e. The van der Waals surface area contributed by atoms with E-state index in [9.17, 15) is 4.79 Å². The second-order valence-corrected chi connectivity index (χ2v) is 7.52. The molecule has 23 heavy (non-hydrogen) atoms. The average molecular weight is 314 g/mol. The third-order valence-electron chi connectivity index (χ3n) is 5.64. The summed E-state index contributed by atoms with van der Waals surface area (Å²) in [7, 11) is 2.06. The molecule has 2 aliphatic rings. The second kappa shape index (κ2) is 7.04. The first-order valence-electron chi connectivity index (χ1n) is 9.16. The van der Waals surface area contributed by atoms with Crippen molar-refractivity contribution in [2.75, 3.05) is 13.6 Å². The number of benzene rings is 1. The lowest BCUT2D eigenvalue weighted by molar-refractivity contribution is -0.123. The number of aryl methyl sites for hydroxylation is 2. The van der Waals surface area contributed by atoms with Crippen molar-refractivity contribution in [3.8, 4) is 0 Å². The van der Waals surface area contributed by atoms with Crippen LogP contribution in [0.15, 0.2) is 18.2 Å². The number of amides is 1. The Morgan fingerprint density at radius 1 is 1.22 bits per heavy atom. The molecule has 0 bridgehead atoms. The van der Waals surface area contributed by atoms with Gasteiger partial charge in [-0.05, 0) is 82.0 Å². The molecule has 0 spiro atoms. The van der Waals surface area contributed by atoms with E-state index in [1.807, 2.05) is 0 Å². The molecule has 3 heteroatoms. The van der Waals surface area contributed by atoms with E-state index in [1.54, 1.807) is 0 Å². The third kappa shape index (κ3) is 4.14. The van der Waals surface area contributed by atoms with Gasteiger partial charge < -0.3 is 5.32 Å². The van der Waals surface area contributed by atoms with Crippen molar-refractivity contribution < 1.29 is 4.79 Å². The highest BCUT2D eigenvalue weighted by Gasteiger charge is 2.31. The lowest BCUT2D eigenvalue weighted by atomic mass is 9.89. The van der Waals surface area contributed by atoms with Crippen LogP contribution in [0.5, 0.6) is 0 Å². The number of carbonyl (C=O) groups excluding carboxylic acids is 1. The van der Waals surface area contributed by atoms with Crippen molar-refractivity contribution in [2.24, 2.45) is 5.92 Å². The summed E-state index contributed by atoms with van der Waals surface area (Å²) in [6, 6.07) is 7.34. The molecule has 0 aromatic heterocycles. The molecular weight excluding hydrogens is 284 g/mol. The van der Waals surface area contributed by atoms with Crippen molar-refractivity contribution in [3.63, 3.8) is 0 Å². The molecule has 0 saturated heterocycles. The molecule has 0 radical (unpaired) electrons. The monoisotopic (exact) mass is 314 g/mol. The Morgan fingerprint density at radius 2 is 1.91 bits per heavy atom. The molecule has 2 unspecified atom stereocenters. The molecule has 1 aromatic rings. The minimum atomic E-state index is 0.0827. The number of fused-ring (bicyclic) bond motifs is 1. The number of likely N-dealkylation sites (N-methyl/N-ethyl adjacent to an activating group) is 1. The Labute approximate surface area is 140 Å². The van der Waals surface area contributed by atoms with Gasteiger partial charge in [0.15, 0.2) is 0 Å². The van der Waals surface area contributed by atoms with E-state index < -0.39 is 0 Å². The highest BCUT2D eigenvalue weighted by atomic mass is 16.2. The van der Waals surface area contributed by atoms with Crippen LogP contribution in [0.1, 0.15) is 62.3 Å². The van der Waals surface area contributed by atoms with Crippen LogP contribution in [0.4, 0.5) is 0 Å². The van der Waals surface area contributed by atoms with Gasteiger partial charge in [-0.2, -0.15) is 0 Å². The summed E-state index contributed by atoms with van der Waals surface area (Å²) < 4.78 is 0. The Hall–Kier alpha value is -1.35. The van der Waals surface area contributed by atoms with Crippen molar-refractivity contribution in [1.29, 1.82) is 0 Å². The quantitative estimate of drug-likeness (QED) is 0.872. The summed E-state index contributed by atoms with van der Waals surface area (Å²) in [5.41, 5.74) is 4.21. The van der Waals surface area contributed by atoms with Gasteiger partial charge in [0, 0.05) is 6.04 Å². The van der Waals surface area contributed by atoms with Crippen LogP contribution in [0, 0.1) is 5.92 Å². The zero-order valence-electron chi connectivity index (χ0n) is 14.8. The summed E-state index contributed by atoms with van der Waals surface area (Å²) in [5, 5.41) is 3.17. The van der Waals surface area contributed by atoms with E-state index in [1.165, 1.54) is 55.2 Å². The second-order valence-electron chi connectivity index (χ2n) is 7.52. The molecule has 0 heterocycles. The summed E-state index contributed by atoms with van der Waals surface area (Å²) in [6.45, 7) is 4.82. The first-order valence-corrected chi connectivity index (χ1v) is 9.16. The molecule has 3 rings (SSSR count). The number of nitrogens with zero attached hydrogens (tertiary/aromatic N) is 1. The van der Waals surface area contributed by atoms with Crippen LogP contribution in [0.3, 0.4) is 0 Å². The van der Waals surface area contributed by atoms with Crippen molar-refractivity contribution >= 4 is 5.91 Å². The SMILES string of the molecule is CC(NC(=O)CN(C)C(C)C1CC1)c1ccc2c(c1)CCCC2. The van der Waals surface area contributed by atoms with E-state index in [-0.39, 0.29) is 11.9 Å². The van der Waals surface area contributed by atoms with Gasteiger partial charge in [-0.1, -0.05) is 18.2 Å². The Bertz CT molecular complexity index is 565. The van der Waals surface area contributed by atoms with E-state index >= 15 is 0 Å². The topological polar surface area (TPSA) is 32.3 Å². The molecule has 2 aliphatic carbocycles. The zero-order valence-corrected chi connectivity index (χ0v) is 14.8. The van der Waals surface area contributed by atoms with Gasteiger partial charge >= 0.3 is 0 Å². The molecule has 3 nitrogen and oxygen atoms in total. The largest absolute Gasteiger partial charge is 0.348 e. The number of rotatable bonds is 6. The van der Waals surface area contributed by atoms with Gasteiger partial charge in [0.05, 0.1) is 12.6 Å². The third-order valence-corrected chi connectivity index (χ3v) is 5.64. The van der Waals surface area contributed by atoms with Crippen LogP contribution in [-0.4, -0.2) is 30.4 Å². The molecule has 0 aliphatic heterocycles. The fourth-order valence-corrected chi connectivity index (χ4v) is 3.70. The van der Waals surface area contributed by atoms with Crippen LogP contribution < -0.4 is 5.32 Å². The maximum atomic E-state index is 12.3. The first kappa shape index (κ1) is 16.5. The smallest absolute Gasteiger partial charge is 0.234 e. The predicted octanol–water partition coefficient (Wildman–Crippen LogP) is 3.47. The molecule has 1 amide bonds. The van der Waals surface area contributed by atoms with Gasteiger partial charge in [-0.3, -0.25) is 9.69 Å². The van der Waals surface area contributed by atoms with Crippen molar-refractivity contribution in [2.45, 2.75) is 64.5 Å². The molecule has 126 valence electrons. The standard InChI is InChI=1S/C20H30N2O/c1-14(18-11-10-17-6-4-5-7-19(17)12-18)21-20(23)13-22(3)15(2)16-8-9-16/h10-12,14-16H,4-9,13H2,1-3H3,(H,21,23). The van der Waals surface area contributed by atoms with E-state index in [0.717, 1.165) is 5.92 Å². The fourth-order valence-electron chi connectivity index (χ4n) is 3.70. The van der Waals surface area contributed by atoms with Crippen molar-refractivity contribution in [3.05, 3.63) is 34.9 Å². The fraction of sp³-hybridized carbons (Fsp3) is 0.650. The number of carbonyl (C=O) groups is 1. The highest BCUT2D eigenvalue weighted by molar-refractivity contribution is 5.78. The van der Waals surface area contributed by atoms with Gasteiger partial charge in [0.2, 0.25) is 5.91 Å². The highest BCUT2D eigenvalue weighted by Crippen LogP contribution is 2.34. The number of nitrogens with one attached hydrogen (secondary N) is 1. The van der Waals surface area contributed by atoms with Crippen molar-refractivity contribution in [1.82, 2.24) is 10.2 Å². The van der Waals surface area contributed by atoms with E-state index in [2.05, 4.69) is 49.3 Å². The normalized spacial score (nSPS) is 20.0. The van der Waals surface area contributed by atoms with Crippen LogP contribution in [0.2, 0.25) is 0 Å². The van der Waals surface area contributed by atoms with Gasteiger partial charge in [-0.15, -0.1) is 0 Å². The van der Waals surface area contributed by atoms with Crippen LogP contribution in [-0.2, 0) is 17.6 Å². The zero-order chi connectivity index (χ0) is 16.4. The van der Waals surface area contributed by atoms with Gasteiger partial charge in [0.1, 0.15) is 0 Å². The summed E-state index contributed by atoms with van der Waals surface area (Å²) >= 11 is 0. The number of hydrogen-bond acceptors (Lipinski definition) is 2. The first-order chi connectivity index (χ1) is 11.0. The molecular formula is C20H30N2O. The van der Waals surface area contributed by atoms with Crippen LogP contribution in [0.25, 0.3) is 0 Å². The average Bonchev–Trinajstić information content (AvgIpc) is 3.38. The molecule has 1 saturated carbocycles. The molecule has 1 aromatic carbocycles. The minimum absolute atomic E-state index is 0.0827. The van der Waals surface area contributed by atoms with Gasteiger partial charge in [0.25, 0.3) is 0 Å². The van der Waals surface area contributed by atoms with E-state index in [0.29, 0.717) is 12.6 Å². The van der Waals surface area contributed by atoms with E-state index in [4.69, 9.17) is 0 Å². The summed E-state index contributed by atoms with van der Waals surface area (Å²) in [4.78, 5) is 14.5. The number of hydrogen-bond donors (Lipinski definition) is 1. The summed E-state index contributed by atoms with van der Waals surface area (Å²) in [6.07, 6.45) is 7.63. The van der Waals surface area contributed by atoms with Gasteiger partial charge in [-0.25, -0.2) is 0 Å². The molecule has 2 atom stereocenters. The molecule has 1 N–H and O–H groups in total. The lowest BCUT2D eigenvalue weighted by Crippen LogP contribution is -2.41. The maximum absolute atomic E-state index is 12.3. The molecule has 1 fully saturated rings. The van der Waals surface area contributed by atoms with Crippen LogP contribution >= 0.6 is 0 Å². The summed E-state index contributed by atoms with van der Waals surface area (Å²) in [5.74, 6) is 0.927. The predicted molar refractivity (Wildman–Crippen MR) is 94.5 cm³/mol. The maximum Gasteiger partial charge on any atom is 0.234 e. The Balaban J connectivity index is 1.55. The Kier molecular flexibility index (Phi) is 5.05. The Morgan fingerprint density at radius 3 is 2.61 bits per heavy atom.